The molecule has 0 spiro atoms. The molecule has 0 radical (unpaired) electrons. The summed E-state index contributed by atoms with van der Waals surface area (Å²) in [5.74, 6) is 0. The summed E-state index contributed by atoms with van der Waals surface area (Å²) in [7, 11) is -1.02. The van der Waals surface area contributed by atoms with Crippen molar-refractivity contribution >= 4 is 22.5 Å². The minimum absolute atomic E-state index is 0.274. The largest absolute Gasteiger partial charge is 0.388 e. The van der Waals surface area contributed by atoms with Gasteiger partial charge in [0, 0.05) is 34.2 Å². The fraction of sp³-hybridized carbons (Fsp3) is 0.533. The SMILES string of the molecule is CS(=O)c1ccc(NC(=O)NCC2(O)CCCCC2)cc1. The molecule has 0 bridgehead atoms. The van der Waals surface area contributed by atoms with Crippen LogP contribution in [0.25, 0.3) is 0 Å². The zero-order valence-corrected chi connectivity index (χ0v) is 13.0. The average Bonchev–Trinajstić information content (AvgIpc) is 2.47. The number of carbonyl (C=O) groups excluding carboxylic acids is 1. The maximum atomic E-state index is 11.8. The Labute approximate surface area is 127 Å². The van der Waals surface area contributed by atoms with Crippen molar-refractivity contribution in [3.63, 3.8) is 0 Å². The summed E-state index contributed by atoms with van der Waals surface area (Å²) in [4.78, 5) is 12.5. The smallest absolute Gasteiger partial charge is 0.319 e. The molecular weight excluding hydrogens is 288 g/mol. The van der Waals surface area contributed by atoms with Gasteiger partial charge in [0.2, 0.25) is 0 Å². The van der Waals surface area contributed by atoms with Crippen LogP contribution in [0.5, 0.6) is 0 Å². The zero-order valence-electron chi connectivity index (χ0n) is 12.2. The lowest BCUT2D eigenvalue weighted by molar-refractivity contribution is 0.00755. The van der Waals surface area contributed by atoms with Gasteiger partial charge in [-0.25, -0.2) is 4.79 Å². The van der Waals surface area contributed by atoms with Gasteiger partial charge in [-0.1, -0.05) is 19.3 Å². The molecule has 0 heterocycles. The summed E-state index contributed by atoms with van der Waals surface area (Å²) in [6, 6.07) is 6.54. The Kier molecular flexibility index (Phi) is 5.36. The number of aliphatic hydroxyl groups is 1. The monoisotopic (exact) mass is 310 g/mol. The standard InChI is InChI=1S/C15H22N2O3S/c1-21(20)13-7-5-12(6-8-13)17-14(18)16-11-15(19)9-3-2-4-10-15/h5-8,19H,2-4,9-11H2,1H3,(H2,16,17,18). The molecule has 1 atom stereocenters. The number of nitrogens with one attached hydrogen (secondary N) is 2. The van der Waals surface area contributed by atoms with E-state index < -0.39 is 16.4 Å². The third kappa shape index (κ3) is 4.82. The van der Waals surface area contributed by atoms with E-state index >= 15 is 0 Å². The molecule has 116 valence electrons. The lowest BCUT2D eigenvalue weighted by Crippen LogP contribution is -2.45. The lowest BCUT2D eigenvalue weighted by Gasteiger charge is -2.32. The third-order valence-corrected chi connectivity index (χ3v) is 4.74. The Morgan fingerprint density at radius 1 is 1.24 bits per heavy atom. The maximum absolute atomic E-state index is 11.8. The van der Waals surface area contributed by atoms with Gasteiger partial charge in [-0.05, 0) is 37.1 Å². The maximum Gasteiger partial charge on any atom is 0.319 e. The number of hydrogen-bond acceptors (Lipinski definition) is 3. The van der Waals surface area contributed by atoms with Crippen LogP contribution < -0.4 is 10.6 Å². The molecule has 6 heteroatoms. The quantitative estimate of drug-likeness (QED) is 0.798. The highest BCUT2D eigenvalue weighted by Crippen LogP contribution is 2.27. The van der Waals surface area contributed by atoms with E-state index in [1.54, 1.807) is 30.5 Å². The van der Waals surface area contributed by atoms with Crippen LogP contribution in [0.3, 0.4) is 0 Å². The van der Waals surface area contributed by atoms with Crippen LogP contribution in [0.4, 0.5) is 10.5 Å². The predicted octanol–water partition coefficient (Wildman–Crippen LogP) is 2.24. The molecule has 0 aliphatic heterocycles. The highest BCUT2D eigenvalue weighted by molar-refractivity contribution is 7.84. The number of hydrogen-bond donors (Lipinski definition) is 3. The van der Waals surface area contributed by atoms with Crippen molar-refractivity contribution in [3.8, 4) is 0 Å². The minimum Gasteiger partial charge on any atom is -0.388 e. The van der Waals surface area contributed by atoms with E-state index in [0.29, 0.717) is 5.69 Å². The Morgan fingerprint density at radius 2 is 1.86 bits per heavy atom. The Morgan fingerprint density at radius 3 is 2.43 bits per heavy atom. The number of anilines is 1. The van der Waals surface area contributed by atoms with Crippen molar-refractivity contribution in [1.82, 2.24) is 5.32 Å². The van der Waals surface area contributed by atoms with Crippen LogP contribution in [0.15, 0.2) is 29.2 Å². The van der Waals surface area contributed by atoms with Gasteiger partial charge in [0.25, 0.3) is 0 Å². The van der Waals surface area contributed by atoms with E-state index in [-0.39, 0.29) is 12.6 Å². The number of carbonyl (C=O) groups is 1. The topological polar surface area (TPSA) is 78.4 Å². The Hall–Kier alpha value is -1.40. The molecule has 1 aliphatic carbocycles. The summed E-state index contributed by atoms with van der Waals surface area (Å²) in [5.41, 5.74) is -0.129. The molecule has 1 aromatic rings. The molecule has 1 saturated carbocycles. The number of rotatable bonds is 4. The van der Waals surface area contributed by atoms with Crippen LogP contribution in [0.1, 0.15) is 32.1 Å². The summed E-state index contributed by atoms with van der Waals surface area (Å²) < 4.78 is 11.3. The average molecular weight is 310 g/mol. The van der Waals surface area contributed by atoms with Crippen molar-refractivity contribution in [2.24, 2.45) is 0 Å². The summed E-state index contributed by atoms with van der Waals surface area (Å²) >= 11 is 0. The van der Waals surface area contributed by atoms with E-state index in [9.17, 15) is 14.1 Å². The van der Waals surface area contributed by atoms with Crippen molar-refractivity contribution in [2.45, 2.75) is 42.6 Å². The van der Waals surface area contributed by atoms with Crippen molar-refractivity contribution in [3.05, 3.63) is 24.3 Å². The predicted molar refractivity (Wildman–Crippen MR) is 83.8 cm³/mol. The number of urea groups is 1. The molecule has 1 fully saturated rings. The molecular formula is C15H22N2O3S. The molecule has 3 N–H and O–H groups in total. The van der Waals surface area contributed by atoms with E-state index in [1.807, 2.05) is 0 Å². The first-order chi connectivity index (χ1) is 9.98. The second-order valence-electron chi connectivity index (χ2n) is 5.57. The van der Waals surface area contributed by atoms with Gasteiger partial charge in [-0.3, -0.25) is 4.21 Å². The Balaban J connectivity index is 1.82. The van der Waals surface area contributed by atoms with E-state index in [4.69, 9.17) is 0 Å². The molecule has 2 rings (SSSR count). The van der Waals surface area contributed by atoms with Crippen molar-refractivity contribution in [2.75, 3.05) is 18.1 Å². The summed E-state index contributed by atoms with van der Waals surface area (Å²) in [5, 5.41) is 15.7. The van der Waals surface area contributed by atoms with Crippen LogP contribution in [-0.4, -0.2) is 33.7 Å². The van der Waals surface area contributed by atoms with Gasteiger partial charge < -0.3 is 15.7 Å². The fourth-order valence-electron chi connectivity index (χ4n) is 2.54. The first kappa shape index (κ1) is 16.0. The molecule has 0 aromatic heterocycles. The Bertz CT molecular complexity index is 510. The second kappa shape index (κ2) is 7.04. The van der Waals surface area contributed by atoms with Gasteiger partial charge in [-0.15, -0.1) is 0 Å². The zero-order chi connectivity index (χ0) is 15.3. The molecule has 2 amide bonds. The van der Waals surface area contributed by atoms with Crippen LogP contribution in [0, 0.1) is 0 Å². The molecule has 1 aromatic carbocycles. The third-order valence-electron chi connectivity index (χ3n) is 3.81. The first-order valence-electron chi connectivity index (χ1n) is 7.19. The molecule has 0 saturated heterocycles. The summed E-state index contributed by atoms with van der Waals surface area (Å²) in [6.07, 6.45) is 6.26. The number of benzene rings is 1. The van der Waals surface area contributed by atoms with Gasteiger partial charge in [0.05, 0.1) is 5.60 Å². The fourth-order valence-corrected chi connectivity index (χ4v) is 3.06. The van der Waals surface area contributed by atoms with Gasteiger partial charge in [0.15, 0.2) is 0 Å². The first-order valence-corrected chi connectivity index (χ1v) is 8.75. The molecule has 1 aliphatic rings. The van der Waals surface area contributed by atoms with Crippen LogP contribution in [-0.2, 0) is 10.8 Å². The molecule has 1 unspecified atom stereocenters. The van der Waals surface area contributed by atoms with Crippen molar-refractivity contribution in [1.29, 1.82) is 0 Å². The highest BCUT2D eigenvalue weighted by atomic mass is 32.2. The summed E-state index contributed by atoms with van der Waals surface area (Å²) in [6.45, 7) is 0.274. The molecule has 21 heavy (non-hydrogen) atoms. The van der Waals surface area contributed by atoms with Crippen molar-refractivity contribution < 1.29 is 14.1 Å². The minimum atomic E-state index is -1.02. The number of amides is 2. The lowest BCUT2D eigenvalue weighted by atomic mass is 9.85. The van der Waals surface area contributed by atoms with E-state index in [2.05, 4.69) is 10.6 Å². The second-order valence-corrected chi connectivity index (χ2v) is 6.95. The molecule has 5 nitrogen and oxygen atoms in total. The van der Waals surface area contributed by atoms with Gasteiger partial charge >= 0.3 is 6.03 Å². The van der Waals surface area contributed by atoms with E-state index in [1.165, 1.54) is 0 Å². The van der Waals surface area contributed by atoms with Gasteiger partial charge in [0.1, 0.15) is 0 Å². The normalized spacial score (nSPS) is 18.8. The van der Waals surface area contributed by atoms with Crippen LogP contribution in [0.2, 0.25) is 0 Å². The van der Waals surface area contributed by atoms with E-state index in [0.717, 1.165) is 37.0 Å². The van der Waals surface area contributed by atoms with Gasteiger partial charge in [-0.2, -0.15) is 0 Å². The highest BCUT2D eigenvalue weighted by Gasteiger charge is 2.29. The van der Waals surface area contributed by atoms with Crippen LogP contribution >= 0.6 is 0 Å².